The Labute approximate surface area is 136 Å². The van der Waals surface area contributed by atoms with Crippen molar-refractivity contribution in [1.29, 1.82) is 0 Å². The summed E-state index contributed by atoms with van der Waals surface area (Å²) in [5, 5.41) is 21.1. The lowest BCUT2D eigenvalue weighted by Crippen LogP contribution is -2.12. The Balaban J connectivity index is 2.03. The fourth-order valence-corrected chi connectivity index (χ4v) is 2.46. The Kier molecular flexibility index (Phi) is 3.91. The number of nitro groups is 1. The van der Waals surface area contributed by atoms with E-state index in [9.17, 15) is 20.0 Å². The van der Waals surface area contributed by atoms with E-state index in [0.29, 0.717) is 17.9 Å². The number of hydrogen-bond donors (Lipinski definition) is 2. The van der Waals surface area contributed by atoms with Gasteiger partial charge in [-0.2, -0.15) is 0 Å². The van der Waals surface area contributed by atoms with Crippen LogP contribution >= 0.6 is 0 Å². The number of nitrogens with one attached hydrogen (secondary N) is 1. The molecule has 0 spiro atoms. The van der Waals surface area contributed by atoms with Gasteiger partial charge in [0.2, 0.25) is 5.75 Å². The molecule has 1 heterocycles. The molecule has 0 saturated heterocycles. The van der Waals surface area contributed by atoms with Gasteiger partial charge in [-0.15, -0.1) is 0 Å². The number of aryl methyl sites for hydroxylation is 1. The molecule has 0 bridgehead atoms. The van der Waals surface area contributed by atoms with Crippen LogP contribution in [0.15, 0.2) is 47.3 Å². The summed E-state index contributed by atoms with van der Waals surface area (Å²) >= 11 is 0. The monoisotopic (exact) mass is 326 g/mol. The smallest absolute Gasteiger partial charge is 0.375 e. The number of ether oxygens (including phenoxy) is 1. The van der Waals surface area contributed by atoms with Crippen molar-refractivity contribution in [2.75, 3.05) is 0 Å². The lowest BCUT2D eigenvalue weighted by molar-refractivity contribution is -0.387. The van der Waals surface area contributed by atoms with E-state index < -0.39 is 21.9 Å². The normalized spacial score (nSPS) is 10.7. The third-order valence-electron chi connectivity index (χ3n) is 3.68. The standard InChI is InChI=1S/C17H14N2O5/c1-10-7-12-13(18-17(21)15(16(12)20)19(22)23)8-14(10)24-9-11-5-3-2-4-6-11/h2-8H,9H2,1H3,(H2,18,20,21). The second kappa shape index (κ2) is 6.04. The number of H-pyrrole nitrogens is 1. The van der Waals surface area contributed by atoms with Gasteiger partial charge in [-0.3, -0.25) is 14.9 Å². The van der Waals surface area contributed by atoms with Crippen molar-refractivity contribution in [1.82, 2.24) is 4.98 Å². The molecular weight excluding hydrogens is 312 g/mol. The van der Waals surface area contributed by atoms with E-state index in [4.69, 9.17) is 4.74 Å². The molecular formula is C17H14N2O5. The van der Waals surface area contributed by atoms with Gasteiger partial charge in [0.1, 0.15) is 12.4 Å². The van der Waals surface area contributed by atoms with Crippen LogP contribution in [0.5, 0.6) is 11.5 Å². The fraction of sp³-hybridized carbons (Fsp3) is 0.118. The zero-order valence-electron chi connectivity index (χ0n) is 12.8. The van der Waals surface area contributed by atoms with Gasteiger partial charge in [0.25, 0.3) is 0 Å². The summed E-state index contributed by atoms with van der Waals surface area (Å²) in [4.78, 5) is 24.2. The van der Waals surface area contributed by atoms with Crippen molar-refractivity contribution in [3.63, 3.8) is 0 Å². The van der Waals surface area contributed by atoms with E-state index in [1.165, 1.54) is 0 Å². The van der Waals surface area contributed by atoms with E-state index in [0.717, 1.165) is 5.56 Å². The molecule has 2 aromatic carbocycles. The Morgan fingerprint density at radius 2 is 1.96 bits per heavy atom. The lowest BCUT2D eigenvalue weighted by Gasteiger charge is -2.11. The maximum atomic E-state index is 11.8. The maximum Gasteiger partial charge on any atom is 0.375 e. The molecule has 0 aliphatic rings. The highest BCUT2D eigenvalue weighted by Gasteiger charge is 2.23. The highest BCUT2D eigenvalue weighted by Crippen LogP contribution is 2.33. The minimum absolute atomic E-state index is 0.200. The summed E-state index contributed by atoms with van der Waals surface area (Å²) in [6, 6.07) is 12.7. The van der Waals surface area contributed by atoms with Crippen molar-refractivity contribution in [2.24, 2.45) is 0 Å². The molecule has 0 unspecified atom stereocenters. The quantitative estimate of drug-likeness (QED) is 0.566. The zero-order chi connectivity index (χ0) is 17.3. The van der Waals surface area contributed by atoms with Gasteiger partial charge in [0.05, 0.1) is 10.4 Å². The van der Waals surface area contributed by atoms with Crippen molar-refractivity contribution in [3.8, 4) is 11.5 Å². The summed E-state index contributed by atoms with van der Waals surface area (Å²) in [6.07, 6.45) is 0. The minimum atomic E-state index is -0.956. The summed E-state index contributed by atoms with van der Waals surface area (Å²) < 4.78 is 5.75. The number of nitrogens with zero attached hydrogens (tertiary/aromatic N) is 1. The van der Waals surface area contributed by atoms with Gasteiger partial charge >= 0.3 is 11.2 Å². The van der Waals surface area contributed by atoms with Crippen LogP contribution in [0.4, 0.5) is 5.69 Å². The molecule has 2 N–H and O–H groups in total. The molecule has 0 aliphatic heterocycles. The molecule has 0 aliphatic carbocycles. The first-order chi connectivity index (χ1) is 11.5. The molecule has 7 nitrogen and oxygen atoms in total. The van der Waals surface area contributed by atoms with Crippen LogP contribution in [0.2, 0.25) is 0 Å². The van der Waals surface area contributed by atoms with Crippen LogP contribution in [-0.2, 0) is 6.61 Å². The number of rotatable bonds is 4. The van der Waals surface area contributed by atoms with Crippen LogP contribution in [0.1, 0.15) is 11.1 Å². The molecule has 0 saturated carbocycles. The molecule has 1 aromatic heterocycles. The second-order valence-corrected chi connectivity index (χ2v) is 5.35. The van der Waals surface area contributed by atoms with Gasteiger partial charge in [0.15, 0.2) is 0 Å². The molecule has 7 heteroatoms. The van der Waals surface area contributed by atoms with Crippen LogP contribution in [0.3, 0.4) is 0 Å². The highest BCUT2D eigenvalue weighted by molar-refractivity contribution is 5.89. The minimum Gasteiger partial charge on any atom is -0.501 e. The van der Waals surface area contributed by atoms with Gasteiger partial charge < -0.3 is 14.8 Å². The van der Waals surface area contributed by atoms with E-state index in [1.807, 2.05) is 30.3 Å². The third kappa shape index (κ3) is 2.79. The van der Waals surface area contributed by atoms with Gasteiger partial charge in [-0.1, -0.05) is 30.3 Å². The van der Waals surface area contributed by atoms with E-state index >= 15 is 0 Å². The van der Waals surface area contributed by atoms with Crippen molar-refractivity contribution < 1.29 is 14.8 Å². The molecule has 24 heavy (non-hydrogen) atoms. The Hall–Kier alpha value is -3.35. The van der Waals surface area contributed by atoms with E-state index in [2.05, 4.69) is 4.98 Å². The SMILES string of the molecule is Cc1cc2c(O)c([N+](=O)[O-])c(=O)[nH]c2cc1OCc1ccccc1. The number of aromatic nitrogens is 1. The molecule has 3 rings (SSSR count). The Morgan fingerprint density at radius 1 is 1.25 bits per heavy atom. The van der Waals surface area contributed by atoms with Crippen molar-refractivity contribution in [3.05, 3.63) is 74.1 Å². The predicted octanol–water partition coefficient (Wildman–Crippen LogP) is 3.03. The number of pyridine rings is 1. The summed E-state index contributed by atoms with van der Waals surface area (Å²) in [5.74, 6) is -0.119. The lowest BCUT2D eigenvalue weighted by atomic mass is 10.1. The van der Waals surface area contributed by atoms with Crippen molar-refractivity contribution in [2.45, 2.75) is 13.5 Å². The number of benzene rings is 2. The molecule has 0 atom stereocenters. The number of aromatic amines is 1. The third-order valence-corrected chi connectivity index (χ3v) is 3.68. The van der Waals surface area contributed by atoms with Crippen LogP contribution in [0.25, 0.3) is 10.9 Å². The topological polar surface area (TPSA) is 105 Å². The van der Waals surface area contributed by atoms with Crippen LogP contribution < -0.4 is 10.3 Å². The van der Waals surface area contributed by atoms with E-state index in [-0.39, 0.29) is 10.9 Å². The van der Waals surface area contributed by atoms with Crippen LogP contribution in [-0.4, -0.2) is 15.0 Å². The zero-order valence-corrected chi connectivity index (χ0v) is 12.8. The fourth-order valence-electron chi connectivity index (χ4n) is 2.46. The number of hydrogen-bond acceptors (Lipinski definition) is 5. The molecule has 0 amide bonds. The largest absolute Gasteiger partial charge is 0.501 e. The first kappa shape index (κ1) is 15.5. The van der Waals surface area contributed by atoms with Gasteiger partial charge in [-0.05, 0) is 24.1 Å². The highest BCUT2D eigenvalue weighted by atomic mass is 16.6. The predicted molar refractivity (Wildman–Crippen MR) is 88.4 cm³/mol. The van der Waals surface area contributed by atoms with Gasteiger partial charge in [0, 0.05) is 11.5 Å². The van der Waals surface area contributed by atoms with Crippen LogP contribution in [0, 0.1) is 17.0 Å². The number of aromatic hydroxyl groups is 1. The average molecular weight is 326 g/mol. The Bertz CT molecular complexity index is 980. The van der Waals surface area contributed by atoms with E-state index in [1.54, 1.807) is 19.1 Å². The molecule has 122 valence electrons. The average Bonchev–Trinajstić information content (AvgIpc) is 2.54. The first-order valence-electron chi connectivity index (χ1n) is 7.18. The Morgan fingerprint density at radius 3 is 2.62 bits per heavy atom. The second-order valence-electron chi connectivity index (χ2n) is 5.35. The molecule has 3 aromatic rings. The number of fused-ring (bicyclic) bond motifs is 1. The molecule has 0 fully saturated rings. The molecule has 0 radical (unpaired) electrons. The summed E-state index contributed by atoms with van der Waals surface area (Å²) in [5.41, 5.74) is 0.131. The summed E-state index contributed by atoms with van der Waals surface area (Å²) in [7, 11) is 0. The van der Waals surface area contributed by atoms with Crippen molar-refractivity contribution >= 4 is 16.6 Å². The van der Waals surface area contributed by atoms with Gasteiger partial charge in [-0.25, -0.2) is 0 Å². The maximum absolute atomic E-state index is 11.8. The first-order valence-corrected chi connectivity index (χ1v) is 7.18. The summed E-state index contributed by atoms with van der Waals surface area (Å²) in [6.45, 7) is 2.10.